The number of amides is 3. The van der Waals surface area contributed by atoms with Crippen molar-refractivity contribution in [3.8, 4) is 0 Å². The lowest BCUT2D eigenvalue weighted by molar-refractivity contribution is -0.310. The van der Waals surface area contributed by atoms with Crippen molar-refractivity contribution in [2.45, 2.75) is 74.8 Å². The topological polar surface area (TPSA) is 287 Å². The first-order valence-electron chi connectivity index (χ1n) is 18.2. The maximum atomic E-state index is 12.5. The van der Waals surface area contributed by atoms with Crippen molar-refractivity contribution in [1.82, 2.24) is 16.0 Å². The Bertz CT molecular complexity index is 1270. The van der Waals surface area contributed by atoms with Crippen LogP contribution in [0.15, 0.2) is 24.3 Å². The Balaban J connectivity index is 1.75. The maximum Gasteiger partial charge on any atom is 0.364 e. The van der Waals surface area contributed by atoms with Gasteiger partial charge in [-0.1, -0.05) is 23.7 Å². The molecule has 0 spiro atoms. The second-order valence-corrected chi connectivity index (χ2v) is 13.0. The van der Waals surface area contributed by atoms with Crippen molar-refractivity contribution in [3.05, 3.63) is 34.9 Å². The Hall–Kier alpha value is -3.05. The number of benzene rings is 1. The molecule has 0 saturated carbocycles. The first-order valence-corrected chi connectivity index (χ1v) is 18.6. The van der Waals surface area contributed by atoms with E-state index in [2.05, 4.69) is 16.0 Å². The second kappa shape index (κ2) is 27.5. The van der Waals surface area contributed by atoms with Crippen molar-refractivity contribution in [3.63, 3.8) is 0 Å². The van der Waals surface area contributed by atoms with Gasteiger partial charge in [-0.15, -0.1) is 0 Å². The van der Waals surface area contributed by atoms with Crippen LogP contribution in [0.1, 0.15) is 37.7 Å². The zero-order chi connectivity index (χ0) is 40.5. The summed E-state index contributed by atoms with van der Waals surface area (Å²) in [5, 5.41) is 60.1. The average molecular weight is 809 g/mol. The molecular weight excluding hydrogens is 752 g/mol. The third-order valence-electron chi connectivity index (χ3n) is 8.22. The Morgan fingerprint density at radius 3 is 2.07 bits per heavy atom. The number of ether oxygens (including phenoxy) is 6. The molecule has 0 radical (unpaired) electrons. The van der Waals surface area contributed by atoms with Gasteiger partial charge in [0.05, 0.1) is 84.1 Å². The molecule has 0 aromatic heterocycles. The first kappa shape index (κ1) is 48.1. The molecule has 0 unspecified atom stereocenters. The van der Waals surface area contributed by atoms with E-state index in [1.807, 2.05) is 0 Å². The number of nitrogens with two attached hydrogens (primary N) is 1. The fourth-order valence-corrected chi connectivity index (χ4v) is 5.45. The van der Waals surface area contributed by atoms with Crippen molar-refractivity contribution in [2.75, 3.05) is 85.7 Å². The highest BCUT2D eigenvalue weighted by molar-refractivity contribution is 6.30. The minimum atomic E-state index is -2.48. The molecule has 1 fully saturated rings. The van der Waals surface area contributed by atoms with Crippen LogP contribution < -0.4 is 21.7 Å². The van der Waals surface area contributed by atoms with Gasteiger partial charge in [0.1, 0.15) is 18.8 Å². The summed E-state index contributed by atoms with van der Waals surface area (Å²) >= 11 is 5.87. The zero-order valence-electron chi connectivity index (χ0n) is 30.9. The minimum Gasteiger partial charge on any atom is -0.477 e. The number of carboxylic acids is 1. The number of aliphatic hydroxyl groups is 4. The van der Waals surface area contributed by atoms with Crippen molar-refractivity contribution < 1.29 is 73.1 Å². The predicted molar refractivity (Wildman–Crippen MR) is 195 cm³/mol. The van der Waals surface area contributed by atoms with E-state index in [9.17, 15) is 44.7 Å². The number of unbranched alkanes of at least 4 members (excludes halogenated alkanes) is 2. The Labute approximate surface area is 325 Å². The van der Waals surface area contributed by atoms with E-state index < -0.39 is 73.6 Å². The number of aliphatic hydroxyl groups excluding tert-OH is 4. The lowest BCUT2D eigenvalue weighted by atomic mass is 9.88. The molecule has 0 bridgehead atoms. The van der Waals surface area contributed by atoms with E-state index in [4.69, 9.17) is 45.8 Å². The van der Waals surface area contributed by atoms with Gasteiger partial charge in [-0.05, 0) is 37.0 Å². The van der Waals surface area contributed by atoms with Crippen LogP contribution in [0.4, 0.5) is 0 Å². The zero-order valence-corrected chi connectivity index (χ0v) is 31.7. The summed E-state index contributed by atoms with van der Waals surface area (Å²) in [6.07, 6.45) is -6.26. The van der Waals surface area contributed by atoms with E-state index in [1.165, 1.54) is 0 Å². The number of hydrogen-bond acceptors (Lipinski definition) is 15. The van der Waals surface area contributed by atoms with Crippen LogP contribution in [0, 0.1) is 0 Å². The number of halogens is 1. The Morgan fingerprint density at radius 1 is 0.855 bits per heavy atom. The summed E-state index contributed by atoms with van der Waals surface area (Å²) in [6, 6.07) is 5.04. The summed E-state index contributed by atoms with van der Waals surface area (Å²) in [7, 11) is 0. The van der Waals surface area contributed by atoms with E-state index in [0.29, 0.717) is 89.2 Å². The highest BCUT2D eigenvalue weighted by Crippen LogP contribution is 2.34. The Morgan fingerprint density at radius 2 is 1.47 bits per heavy atom. The molecule has 55 heavy (non-hydrogen) atoms. The van der Waals surface area contributed by atoms with Crippen LogP contribution in [0.25, 0.3) is 0 Å². The lowest BCUT2D eigenvalue weighted by Crippen LogP contribution is -2.68. The molecule has 19 nitrogen and oxygen atoms in total. The first-order chi connectivity index (χ1) is 26.4. The molecule has 2 rings (SSSR count). The number of hydrogen-bond donors (Lipinski definition) is 9. The summed E-state index contributed by atoms with van der Waals surface area (Å²) < 4.78 is 32.7. The third-order valence-corrected chi connectivity index (χ3v) is 8.47. The van der Waals surface area contributed by atoms with Crippen LogP contribution in [-0.2, 0) is 54.0 Å². The van der Waals surface area contributed by atoms with Crippen LogP contribution in [0.3, 0.4) is 0 Å². The average Bonchev–Trinajstić information content (AvgIpc) is 3.16. The molecule has 314 valence electrons. The molecule has 1 saturated heterocycles. The summed E-state index contributed by atoms with van der Waals surface area (Å²) in [6.45, 7) is 2.37. The van der Waals surface area contributed by atoms with Crippen molar-refractivity contribution >= 4 is 35.3 Å². The van der Waals surface area contributed by atoms with Crippen LogP contribution in [0.2, 0.25) is 5.02 Å². The Kier molecular flexibility index (Phi) is 24.1. The smallest absolute Gasteiger partial charge is 0.364 e. The summed E-state index contributed by atoms with van der Waals surface area (Å²) in [5.41, 5.74) is 5.96. The summed E-state index contributed by atoms with van der Waals surface area (Å²) in [4.78, 5) is 49.0. The number of nitrogens with one attached hydrogen (secondary N) is 3. The molecule has 1 aliphatic heterocycles. The molecule has 10 N–H and O–H groups in total. The number of carbonyl (C=O) groups excluding carboxylic acids is 3. The molecule has 1 aromatic carbocycles. The molecule has 20 heteroatoms. The van der Waals surface area contributed by atoms with Gasteiger partial charge in [-0.3, -0.25) is 14.4 Å². The maximum absolute atomic E-state index is 12.5. The number of carboxylic acid groups (broad SMARTS) is 1. The third kappa shape index (κ3) is 19.1. The van der Waals surface area contributed by atoms with Gasteiger partial charge in [0, 0.05) is 37.5 Å². The van der Waals surface area contributed by atoms with Crippen molar-refractivity contribution in [1.29, 1.82) is 0 Å². The van der Waals surface area contributed by atoms with E-state index in [-0.39, 0.29) is 32.0 Å². The molecule has 1 heterocycles. The van der Waals surface area contributed by atoms with Gasteiger partial charge < -0.3 is 75.6 Å². The van der Waals surface area contributed by atoms with Gasteiger partial charge in [-0.25, -0.2) is 4.79 Å². The van der Waals surface area contributed by atoms with E-state index in [1.54, 1.807) is 24.3 Å². The predicted octanol–water partition coefficient (Wildman–Crippen LogP) is -2.15. The SMILES string of the molecule is NCCOCCOCCOCCOCCC(=O)NCCCCCO[C@]1(C(=O)O)C[C@H](O)[C@@H](NC(=O)CO)[C@H]([C@H](O)[C@H](O)CNC(=O)Cc2ccc(Cl)cc2)O1. The van der Waals surface area contributed by atoms with Gasteiger partial charge in [0.25, 0.3) is 5.79 Å². The van der Waals surface area contributed by atoms with E-state index in [0.717, 1.165) is 0 Å². The van der Waals surface area contributed by atoms with Gasteiger partial charge in [0.15, 0.2) is 0 Å². The van der Waals surface area contributed by atoms with Crippen LogP contribution in [0.5, 0.6) is 0 Å². The number of aliphatic carboxylic acids is 1. The van der Waals surface area contributed by atoms with Gasteiger partial charge >= 0.3 is 5.97 Å². The minimum absolute atomic E-state index is 0.0621. The molecule has 0 aliphatic carbocycles. The second-order valence-electron chi connectivity index (χ2n) is 12.6. The lowest BCUT2D eigenvalue weighted by Gasteiger charge is -2.46. The number of rotatable bonds is 30. The fourth-order valence-electron chi connectivity index (χ4n) is 5.32. The monoisotopic (exact) mass is 808 g/mol. The number of carbonyl (C=O) groups is 4. The molecule has 1 aromatic rings. The molecule has 1 aliphatic rings. The van der Waals surface area contributed by atoms with Crippen molar-refractivity contribution in [2.24, 2.45) is 5.73 Å². The highest BCUT2D eigenvalue weighted by Gasteiger charge is 2.55. The molecular formula is C35H57ClN4O15. The highest BCUT2D eigenvalue weighted by atomic mass is 35.5. The van der Waals surface area contributed by atoms with Crippen LogP contribution in [-0.4, -0.2) is 171 Å². The summed E-state index contributed by atoms with van der Waals surface area (Å²) in [5.74, 6) is -5.76. The quantitative estimate of drug-likeness (QED) is 0.0375. The molecule has 6 atom stereocenters. The standard InChI is InChI=1S/C35H57ClN4O15/c36-25-6-4-24(5-7-25)20-29(45)39-22-27(43)32(47)33-31(40-30(46)23-41)26(42)21-35(55-33,34(48)49)54-11-3-1-2-10-38-28(44)8-12-50-14-16-52-18-19-53-17-15-51-13-9-37/h4-7,26-27,31-33,41-43,47H,1-3,8-23,37H2,(H,38,44)(H,39,45)(H,40,46)(H,48,49)/t26-,27+,31+,32+,33+,35+/m0/s1. The van der Waals surface area contributed by atoms with Gasteiger partial charge in [0.2, 0.25) is 17.7 Å². The van der Waals surface area contributed by atoms with Crippen LogP contribution >= 0.6 is 11.6 Å². The largest absolute Gasteiger partial charge is 0.477 e. The van der Waals surface area contributed by atoms with Gasteiger partial charge in [-0.2, -0.15) is 0 Å². The fraction of sp³-hybridized carbons (Fsp3) is 0.714. The van der Waals surface area contributed by atoms with E-state index >= 15 is 0 Å². The normalized spacial score (nSPS) is 20.7. The molecule has 3 amide bonds.